The van der Waals surface area contributed by atoms with Crippen LogP contribution in [0.1, 0.15) is 31.2 Å². The molecule has 4 nitrogen and oxygen atoms in total. The zero-order valence-electron chi connectivity index (χ0n) is 12.5. The molecule has 0 heterocycles. The number of ether oxygens (including phenoxy) is 1. The molecule has 0 saturated heterocycles. The predicted octanol–water partition coefficient (Wildman–Crippen LogP) is 2.59. The van der Waals surface area contributed by atoms with Gasteiger partial charge in [0.2, 0.25) is 5.91 Å². The second-order valence-electron chi connectivity index (χ2n) is 5.59. The molecule has 118 valence electrons. The number of carbonyl (C=O) groups excluding carboxylic acids is 1. The number of nitrogens with one attached hydrogen (secondary N) is 1. The van der Waals surface area contributed by atoms with Gasteiger partial charge in [0, 0.05) is 28.5 Å². The van der Waals surface area contributed by atoms with Crippen LogP contribution in [0, 0.1) is 18.3 Å². The van der Waals surface area contributed by atoms with Crippen molar-refractivity contribution in [2.24, 2.45) is 11.7 Å². The van der Waals surface area contributed by atoms with Gasteiger partial charge in [-0.1, -0.05) is 28.3 Å². The standard InChI is InChI=1S/C17H21BrN2O2/c1-2-8-22-16-7-6-14(18)9-13(16)11-20-15-5-3-4-12(10-15)17(19)21/h1,6-7,9,12,15,20H,3-5,8,10-11H2,(H2,19,21). The van der Waals surface area contributed by atoms with E-state index in [2.05, 4.69) is 27.2 Å². The van der Waals surface area contributed by atoms with E-state index in [0.717, 1.165) is 41.5 Å². The van der Waals surface area contributed by atoms with Crippen LogP contribution in [0.25, 0.3) is 0 Å². The average Bonchev–Trinajstić information content (AvgIpc) is 2.52. The molecule has 1 aliphatic carbocycles. The van der Waals surface area contributed by atoms with Crippen LogP contribution in [-0.4, -0.2) is 18.6 Å². The van der Waals surface area contributed by atoms with Crippen LogP contribution in [0.15, 0.2) is 22.7 Å². The predicted molar refractivity (Wildman–Crippen MR) is 90.3 cm³/mol. The monoisotopic (exact) mass is 364 g/mol. The van der Waals surface area contributed by atoms with Crippen molar-refractivity contribution < 1.29 is 9.53 Å². The van der Waals surface area contributed by atoms with Crippen molar-refractivity contribution in [2.75, 3.05) is 6.61 Å². The fourth-order valence-corrected chi connectivity index (χ4v) is 3.24. The Morgan fingerprint density at radius 1 is 1.50 bits per heavy atom. The van der Waals surface area contributed by atoms with E-state index in [1.54, 1.807) is 0 Å². The lowest BCUT2D eigenvalue weighted by atomic mass is 9.85. The van der Waals surface area contributed by atoms with Crippen molar-refractivity contribution >= 4 is 21.8 Å². The van der Waals surface area contributed by atoms with Crippen LogP contribution in [0.5, 0.6) is 5.75 Å². The molecule has 22 heavy (non-hydrogen) atoms. The van der Waals surface area contributed by atoms with E-state index in [4.69, 9.17) is 16.9 Å². The summed E-state index contributed by atoms with van der Waals surface area (Å²) in [5.41, 5.74) is 6.47. The highest BCUT2D eigenvalue weighted by Crippen LogP contribution is 2.26. The van der Waals surface area contributed by atoms with E-state index in [-0.39, 0.29) is 18.4 Å². The maximum atomic E-state index is 11.3. The number of benzene rings is 1. The second kappa shape index (κ2) is 8.21. The Morgan fingerprint density at radius 2 is 2.32 bits per heavy atom. The molecule has 1 fully saturated rings. The molecule has 1 amide bonds. The molecule has 3 N–H and O–H groups in total. The number of hydrogen-bond acceptors (Lipinski definition) is 3. The molecule has 1 aliphatic rings. The first-order valence-electron chi connectivity index (χ1n) is 7.47. The minimum absolute atomic E-state index is 0.00841. The fraction of sp³-hybridized carbons (Fsp3) is 0.471. The Kier molecular flexibility index (Phi) is 6.29. The lowest BCUT2D eigenvalue weighted by Crippen LogP contribution is -2.38. The molecule has 2 unspecified atom stereocenters. The lowest BCUT2D eigenvalue weighted by molar-refractivity contribution is -0.122. The van der Waals surface area contributed by atoms with Gasteiger partial charge in [0.1, 0.15) is 12.4 Å². The number of hydrogen-bond donors (Lipinski definition) is 2. The lowest BCUT2D eigenvalue weighted by Gasteiger charge is -2.28. The number of halogens is 1. The van der Waals surface area contributed by atoms with Gasteiger partial charge in [-0.25, -0.2) is 0 Å². The summed E-state index contributed by atoms with van der Waals surface area (Å²) in [4.78, 5) is 11.3. The van der Waals surface area contributed by atoms with E-state index in [1.165, 1.54) is 0 Å². The van der Waals surface area contributed by atoms with Gasteiger partial charge in [-0.05, 0) is 37.5 Å². The molecule has 0 spiro atoms. The third-order valence-corrected chi connectivity index (χ3v) is 4.48. The molecule has 0 aliphatic heterocycles. The fourth-order valence-electron chi connectivity index (χ4n) is 2.83. The van der Waals surface area contributed by atoms with Gasteiger partial charge in [0.05, 0.1) is 0 Å². The highest BCUT2D eigenvalue weighted by molar-refractivity contribution is 9.10. The molecule has 1 aromatic carbocycles. The normalized spacial score (nSPS) is 21.1. The zero-order valence-corrected chi connectivity index (χ0v) is 14.1. The van der Waals surface area contributed by atoms with Crippen molar-refractivity contribution in [1.82, 2.24) is 5.32 Å². The van der Waals surface area contributed by atoms with Crippen molar-refractivity contribution in [2.45, 2.75) is 38.3 Å². The number of amides is 1. The molecule has 1 saturated carbocycles. The Bertz CT molecular complexity index is 568. The number of primary amides is 1. The molecule has 0 bridgehead atoms. The molecule has 0 radical (unpaired) electrons. The van der Waals surface area contributed by atoms with Crippen molar-refractivity contribution in [3.8, 4) is 18.1 Å². The summed E-state index contributed by atoms with van der Waals surface area (Å²) in [5, 5.41) is 3.51. The van der Waals surface area contributed by atoms with Crippen LogP contribution in [0.2, 0.25) is 0 Å². The molecule has 5 heteroatoms. The topological polar surface area (TPSA) is 64.3 Å². The summed E-state index contributed by atoms with van der Waals surface area (Å²) in [6, 6.07) is 6.17. The summed E-state index contributed by atoms with van der Waals surface area (Å²) < 4.78 is 6.57. The SMILES string of the molecule is C#CCOc1ccc(Br)cc1CNC1CCCC(C(N)=O)C1. The summed E-state index contributed by atoms with van der Waals surface area (Å²) in [5.74, 6) is 3.07. The maximum absolute atomic E-state index is 11.3. The average molecular weight is 365 g/mol. The van der Waals surface area contributed by atoms with Crippen LogP contribution in [0.3, 0.4) is 0 Å². The molecular weight excluding hydrogens is 344 g/mol. The Hall–Kier alpha value is -1.51. The first-order valence-corrected chi connectivity index (χ1v) is 8.27. The molecular formula is C17H21BrN2O2. The van der Waals surface area contributed by atoms with E-state index >= 15 is 0 Å². The van der Waals surface area contributed by atoms with Gasteiger partial charge in [0.25, 0.3) is 0 Å². The quantitative estimate of drug-likeness (QED) is 0.762. The minimum atomic E-state index is -0.188. The number of rotatable bonds is 6. The Labute approximate surface area is 139 Å². The molecule has 2 rings (SSSR count). The zero-order chi connectivity index (χ0) is 15.9. The van der Waals surface area contributed by atoms with Crippen molar-refractivity contribution in [3.63, 3.8) is 0 Å². The van der Waals surface area contributed by atoms with E-state index < -0.39 is 0 Å². The van der Waals surface area contributed by atoms with Crippen LogP contribution >= 0.6 is 15.9 Å². The highest BCUT2D eigenvalue weighted by Gasteiger charge is 2.25. The first kappa shape index (κ1) is 16.9. The molecule has 0 aromatic heterocycles. The van der Waals surface area contributed by atoms with Gasteiger partial charge >= 0.3 is 0 Å². The van der Waals surface area contributed by atoms with Gasteiger partial charge < -0.3 is 15.8 Å². The van der Waals surface area contributed by atoms with Crippen LogP contribution < -0.4 is 15.8 Å². The largest absolute Gasteiger partial charge is 0.481 e. The van der Waals surface area contributed by atoms with E-state index in [9.17, 15) is 4.79 Å². The van der Waals surface area contributed by atoms with Gasteiger partial charge in [-0.2, -0.15) is 0 Å². The number of terminal acetylenes is 1. The van der Waals surface area contributed by atoms with Crippen molar-refractivity contribution in [3.05, 3.63) is 28.2 Å². The van der Waals surface area contributed by atoms with E-state index in [1.807, 2.05) is 18.2 Å². The van der Waals surface area contributed by atoms with Crippen molar-refractivity contribution in [1.29, 1.82) is 0 Å². The highest BCUT2D eigenvalue weighted by atomic mass is 79.9. The maximum Gasteiger partial charge on any atom is 0.220 e. The van der Waals surface area contributed by atoms with Gasteiger partial charge in [-0.3, -0.25) is 4.79 Å². The first-order chi connectivity index (χ1) is 10.6. The minimum Gasteiger partial charge on any atom is -0.481 e. The molecule has 2 atom stereocenters. The smallest absolute Gasteiger partial charge is 0.220 e. The number of nitrogens with two attached hydrogens (primary N) is 1. The summed E-state index contributed by atoms with van der Waals surface area (Å²) >= 11 is 3.47. The molecule has 1 aromatic rings. The third kappa shape index (κ3) is 4.75. The number of carbonyl (C=O) groups is 1. The summed E-state index contributed by atoms with van der Waals surface area (Å²) in [6.07, 6.45) is 9.06. The summed E-state index contributed by atoms with van der Waals surface area (Å²) in [7, 11) is 0. The van der Waals surface area contributed by atoms with Crippen LogP contribution in [-0.2, 0) is 11.3 Å². The van der Waals surface area contributed by atoms with E-state index in [0.29, 0.717) is 12.6 Å². The van der Waals surface area contributed by atoms with Gasteiger partial charge in [-0.15, -0.1) is 6.42 Å². The Balaban J connectivity index is 1.97. The third-order valence-electron chi connectivity index (χ3n) is 3.99. The van der Waals surface area contributed by atoms with Crippen LogP contribution in [0.4, 0.5) is 0 Å². The second-order valence-corrected chi connectivity index (χ2v) is 6.50. The summed E-state index contributed by atoms with van der Waals surface area (Å²) in [6.45, 7) is 0.928. The van der Waals surface area contributed by atoms with Gasteiger partial charge in [0.15, 0.2) is 0 Å². The Morgan fingerprint density at radius 3 is 3.05 bits per heavy atom.